The average molecular weight is 484 g/mol. The number of hydrogen-bond donors (Lipinski definition) is 2. The molecule has 1 aliphatic heterocycles. The molecule has 11 heteroatoms. The third-order valence-corrected chi connectivity index (χ3v) is 7.28. The van der Waals surface area contributed by atoms with Crippen LogP contribution in [-0.4, -0.2) is 50.3 Å². The molecule has 1 saturated heterocycles. The van der Waals surface area contributed by atoms with Gasteiger partial charge in [0.05, 0.1) is 4.90 Å². The van der Waals surface area contributed by atoms with Gasteiger partial charge in [-0.15, -0.1) is 0 Å². The van der Waals surface area contributed by atoms with Crippen molar-refractivity contribution in [2.75, 3.05) is 25.0 Å². The van der Waals surface area contributed by atoms with Crippen LogP contribution in [0.2, 0.25) is 0 Å². The van der Waals surface area contributed by atoms with Crippen molar-refractivity contribution < 1.29 is 31.2 Å². The summed E-state index contributed by atoms with van der Waals surface area (Å²) in [4.78, 5) is 24.5. The van der Waals surface area contributed by atoms with Crippen molar-refractivity contribution in [3.63, 3.8) is 0 Å². The predicted molar refractivity (Wildman–Crippen MR) is 117 cm³/mol. The van der Waals surface area contributed by atoms with Gasteiger partial charge >= 0.3 is 6.18 Å². The summed E-state index contributed by atoms with van der Waals surface area (Å²) in [7, 11) is -3.72. The van der Waals surface area contributed by atoms with E-state index in [1.807, 2.05) is 0 Å². The zero-order chi connectivity index (χ0) is 24.2. The first-order valence-electron chi connectivity index (χ1n) is 10.3. The van der Waals surface area contributed by atoms with Crippen LogP contribution in [0, 0.1) is 6.92 Å². The number of rotatable bonds is 6. The molecule has 1 aliphatic rings. The van der Waals surface area contributed by atoms with E-state index in [9.17, 15) is 31.2 Å². The Labute approximate surface area is 190 Å². The number of halogens is 3. The van der Waals surface area contributed by atoms with E-state index < -0.39 is 34.6 Å². The fourth-order valence-electron chi connectivity index (χ4n) is 3.45. The maximum atomic E-state index is 13.0. The molecule has 0 bridgehead atoms. The molecule has 1 heterocycles. The van der Waals surface area contributed by atoms with Crippen LogP contribution in [-0.2, 0) is 10.0 Å². The zero-order valence-electron chi connectivity index (χ0n) is 17.9. The largest absolute Gasteiger partial charge is 0.405 e. The molecule has 0 radical (unpaired) electrons. The van der Waals surface area contributed by atoms with Crippen LogP contribution >= 0.6 is 0 Å². The molecule has 0 saturated carbocycles. The molecule has 178 valence electrons. The smallest absolute Gasteiger partial charge is 0.343 e. The van der Waals surface area contributed by atoms with Crippen LogP contribution in [0.4, 0.5) is 18.9 Å². The van der Waals surface area contributed by atoms with E-state index in [2.05, 4.69) is 5.32 Å². The van der Waals surface area contributed by atoms with E-state index in [-0.39, 0.29) is 16.0 Å². The highest BCUT2D eigenvalue weighted by Gasteiger charge is 2.29. The molecular weight excluding hydrogens is 459 g/mol. The molecule has 2 aromatic carbocycles. The normalized spacial score (nSPS) is 15.2. The van der Waals surface area contributed by atoms with Crippen molar-refractivity contribution in [1.29, 1.82) is 0 Å². The highest BCUT2D eigenvalue weighted by atomic mass is 32.2. The molecule has 2 N–H and O–H groups in total. The summed E-state index contributed by atoms with van der Waals surface area (Å²) in [6.45, 7) is 1.11. The van der Waals surface area contributed by atoms with Gasteiger partial charge in [-0.1, -0.05) is 12.5 Å². The molecule has 1 fully saturated rings. The second-order valence-corrected chi connectivity index (χ2v) is 9.68. The van der Waals surface area contributed by atoms with Crippen molar-refractivity contribution in [1.82, 2.24) is 9.62 Å². The lowest BCUT2D eigenvalue weighted by Gasteiger charge is -2.26. The van der Waals surface area contributed by atoms with Crippen molar-refractivity contribution in [2.24, 2.45) is 0 Å². The summed E-state index contributed by atoms with van der Waals surface area (Å²) in [5.74, 6) is -1.45. The maximum Gasteiger partial charge on any atom is 0.405 e. The molecule has 2 aromatic rings. The minimum atomic E-state index is -4.52. The van der Waals surface area contributed by atoms with E-state index in [0.29, 0.717) is 24.3 Å². The van der Waals surface area contributed by atoms with Gasteiger partial charge in [-0.2, -0.15) is 17.5 Å². The first-order chi connectivity index (χ1) is 15.5. The van der Waals surface area contributed by atoms with Crippen LogP contribution in [0.25, 0.3) is 0 Å². The molecule has 0 aromatic heterocycles. The SMILES string of the molecule is Cc1ccc(C(=O)Nc2ccc(C(=O)NCC(F)(F)F)cc2)cc1S(=O)(=O)N1CCCCC1. The zero-order valence-corrected chi connectivity index (χ0v) is 18.7. The van der Waals surface area contributed by atoms with Gasteiger partial charge in [0, 0.05) is 29.9 Å². The number of piperidine rings is 1. The molecule has 0 spiro atoms. The number of aryl methyl sites for hydroxylation is 1. The number of alkyl halides is 3. The van der Waals surface area contributed by atoms with Gasteiger partial charge in [-0.25, -0.2) is 8.42 Å². The Hall–Kier alpha value is -2.92. The summed E-state index contributed by atoms with van der Waals surface area (Å²) in [6.07, 6.45) is -1.94. The molecule has 0 unspecified atom stereocenters. The van der Waals surface area contributed by atoms with Crippen LogP contribution in [0.1, 0.15) is 45.5 Å². The third kappa shape index (κ3) is 6.32. The number of benzene rings is 2. The predicted octanol–water partition coefficient (Wildman–Crippen LogP) is 3.71. The third-order valence-electron chi connectivity index (χ3n) is 5.24. The van der Waals surface area contributed by atoms with Crippen molar-refractivity contribution in [3.05, 3.63) is 59.2 Å². The number of hydrogen-bond acceptors (Lipinski definition) is 4. The topological polar surface area (TPSA) is 95.6 Å². The number of carbonyl (C=O) groups excluding carboxylic acids is 2. The van der Waals surface area contributed by atoms with Crippen LogP contribution in [0.15, 0.2) is 47.4 Å². The monoisotopic (exact) mass is 483 g/mol. The fourth-order valence-corrected chi connectivity index (χ4v) is 5.22. The Bertz CT molecular complexity index is 1130. The van der Waals surface area contributed by atoms with Crippen LogP contribution in [0.5, 0.6) is 0 Å². The minimum absolute atomic E-state index is 0.00231. The summed E-state index contributed by atoms with van der Waals surface area (Å²) >= 11 is 0. The summed E-state index contributed by atoms with van der Waals surface area (Å²) in [5, 5.41) is 4.36. The summed E-state index contributed by atoms with van der Waals surface area (Å²) < 4.78 is 64.2. The number of nitrogens with zero attached hydrogens (tertiary/aromatic N) is 1. The van der Waals surface area contributed by atoms with E-state index in [0.717, 1.165) is 19.3 Å². The van der Waals surface area contributed by atoms with E-state index in [4.69, 9.17) is 0 Å². The number of carbonyl (C=O) groups is 2. The Morgan fingerprint density at radius 2 is 1.55 bits per heavy atom. The number of sulfonamides is 1. The second-order valence-electron chi connectivity index (χ2n) is 7.77. The average Bonchev–Trinajstić information content (AvgIpc) is 2.78. The van der Waals surface area contributed by atoms with E-state index in [1.54, 1.807) is 18.3 Å². The Kier molecular flexibility index (Phi) is 7.43. The maximum absolute atomic E-state index is 13.0. The van der Waals surface area contributed by atoms with Gasteiger partial charge in [0.1, 0.15) is 6.54 Å². The summed E-state index contributed by atoms with van der Waals surface area (Å²) in [6, 6.07) is 9.73. The first kappa shape index (κ1) is 24.7. The molecule has 0 atom stereocenters. The lowest BCUT2D eigenvalue weighted by atomic mass is 10.1. The van der Waals surface area contributed by atoms with Gasteiger partial charge in [0.25, 0.3) is 11.8 Å². The van der Waals surface area contributed by atoms with Gasteiger partial charge in [-0.3, -0.25) is 9.59 Å². The molecule has 0 aliphatic carbocycles. The van der Waals surface area contributed by atoms with Crippen molar-refractivity contribution in [2.45, 2.75) is 37.3 Å². The molecular formula is C22H24F3N3O4S. The first-order valence-corrected chi connectivity index (χ1v) is 11.8. The number of amides is 2. The van der Waals surface area contributed by atoms with Crippen LogP contribution in [0.3, 0.4) is 0 Å². The highest BCUT2D eigenvalue weighted by molar-refractivity contribution is 7.89. The Morgan fingerprint density at radius 1 is 0.939 bits per heavy atom. The second kappa shape index (κ2) is 9.92. The Balaban J connectivity index is 1.72. The van der Waals surface area contributed by atoms with Crippen LogP contribution < -0.4 is 10.6 Å². The lowest BCUT2D eigenvalue weighted by molar-refractivity contribution is -0.123. The van der Waals surface area contributed by atoms with Gasteiger partial charge in [0.15, 0.2) is 0 Å². The lowest BCUT2D eigenvalue weighted by Crippen LogP contribution is -2.36. The molecule has 3 rings (SSSR count). The quantitative estimate of drug-likeness (QED) is 0.655. The fraction of sp³-hybridized carbons (Fsp3) is 0.364. The number of anilines is 1. The standard InChI is InChI=1S/C22H24F3N3O4S/c1-15-5-6-17(13-19(15)33(31,32)28-11-3-2-4-12-28)21(30)27-18-9-7-16(8-10-18)20(29)26-14-22(23,24)25/h5-10,13H,2-4,11-12,14H2,1H3,(H,26,29)(H,27,30). The highest BCUT2D eigenvalue weighted by Crippen LogP contribution is 2.25. The van der Waals surface area contributed by atoms with Gasteiger partial charge < -0.3 is 10.6 Å². The van der Waals surface area contributed by atoms with Gasteiger partial charge in [0.2, 0.25) is 10.0 Å². The minimum Gasteiger partial charge on any atom is -0.343 e. The van der Waals surface area contributed by atoms with Crippen molar-refractivity contribution in [3.8, 4) is 0 Å². The molecule has 7 nitrogen and oxygen atoms in total. The van der Waals surface area contributed by atoms with Gasteiger partial charge in [-0.05, 0) is 61.7 Å². The molecule has 2 amide bonds. The molecule has 33 heavy (non-hydrogen) atoms. The van der Waals surface area contributed by atoms with Crippen molar-refractivity contribution >= 4 is 27.5 Å². The van der Waals surface area contributed by atoms with E-state index >= 15 is 0 Å². The Morgan fingerprint density at radius 3 is 2.15 bits per heavy atom. The summed E-state index contributed by atoms with van der Waals surface area (Å²) in [5.41, 5.74) is 0.977. The number of nitrogens with one attached hydrogen (secondary N) is 2. The van der Waals surface area contributed by atoms with E-state index in [1.165, 1.54) is 40.7 Å².